The van der Waals surface area contributed by atoms with E-state index < -0.39 is 11.6 Å². The van der Waals surface area contributed by atoms with Crippen LogP contribution < -0.4 is 10.2 Å². The molecule has 0 aromatic heterocycles. The van der Waals surface area contributed by atoms with Crippen LogP contribution in [0.4, 0.5) is 14.5 Å². The van der Waals surface area contributed by atoms with Crippen molar-refractivity contribution in [2.45, 2.75) is 12.5 Å². The lowest BCUT2D eigenvalue weighted by molar-refractivity contribution is 0.0940. The Morgan fingerprint density at radius 1 is 1.11 bits per heavy atom. The minimum absolute atomic E-state index is 0.0553. The van der Waals surface area contributed by atoms with Gasteiger partial charge in [-0.25, -0.2) is 8.78 Å². The van der Waals surface area contributed by atoms with Gasteiger partial charge in [0.2, 0.25) is 0 Å². The molecule has 138 valence electrons. The Morgan fingerprint density at radius 2 is 1.93 bits per heavy atom. The fourth-order valence-corrected chi connectivity index (χ4v) is 3.52. The molecule has 4 nitrogen and oxygen atoms in total. The Bertz CT molecular complexity index is 1020. The molecular weight excluding hydrogens is 350 g/mol. The lowest BCUT2D eigenvalue weighted by Gasteiger charge is -2.19. The zero-order chi connectivity index (χ0) is 19.0. The molecule has 3 aromatic rings. The monoisotopic (exact) mass is 368 g/mol. The summed E-state index contributed by atoms with van der Waals surface area (Å²) in [5, 5.41) is 14.5. The van der Waals surface area contributed by atoms with Gasteiger partial charge < -0.3 is 15.3 Å². The maximum absolute atomic E-state index is 14.0. The third-order valence-corrected chi connectivity index (χ3v) is 4.88. The quantitative estimate of drug-likeness (QED) is 0.739. The number of hydrogen-bond acceptors (Lipinski definition) is 3. The minimum Gasteiger partial charge on any atom is -0.507 e. The third kappa shape index (κ3) is 3.43. The van der Waals surface area contributed by atoms with Crippen LogP contribution in [0.15, 0.2) is 54.6 Å². The molecule has 1 heterocycles. The molecule has 0 saturated carbocycles. The van der Waals surface area contributed by atoms with Crippen LogP contribution in [0.3, 0.4) is 0 Å². The van der Waals surface area contributed by atoms with E-state index in [0.717, 1.165) is 11.5 Å². The number of fused-ring (bicyclic) bond motifs is 1. The van der Waals surface area contributed by atoms with Crippen LogP contribution in [0.2, 0.25) is 0 Å². The lowest BCUT2D eigenvalue weighted by atomic mass is 10.1. The largest absolute Gasteiger partial charge is 0.507 e. The molecule has 1 aliphatic rings. The van der Waals surface area contributed by atoms with Gasteiger partial charge in [0.25, 0.3) is 5.91 Å². The van der Waals surface area contributed by atoms with Gasteiger partial charge in [-0.05, 0) is 36.1 Å². The van der Waals surface area contributed by atoms with Crippen LogP contribution in [0.25, 0.3) is 10.8 Å². The summed E-state index contributed by atoms with van der Waals surface area (Å²) in [7, 11) is 0. The maximum atomic E-state index is 14.0. The number of aromatic hydroxyl groups is 1. The highest BCUT2D eigenvalue weighted by molar-refractivity contribution is 6.00. The van der Waals surface area contributed by atoms with Crippen molar-refractivity contribution >= 4 is 22.4 Å². The number of phenols is 1. The molecule has 1 aliphatic heterocycles. The molecule has 4 rings (SSSR count). The van der Waals surface area contributed by atoms with Gasteiger partial charge in [-0.1, -0.05) is 24.3 Å². The third-order valence-electron chi connectivity index (χ3n) is 4.88. The number of phenolic OH excluding ortho intramolecular Hbond substituents is 1. The highest BCUT2D eigenvalue weighted by Crippen LogP contribution is 2.27. The van der Waals surface area contributed by atoms with E-state index in [1.807, 2.05) is 18.2 Å². The molecule has 0 radical (unpaired) electrons. The van der Waals surface area contributed by atoms with Gasteiger partial charge in [-0.2, -0.15) is 0 Å². The second kappa shape index (κ2) is 6.87. The van der Waals surface area contributed by atoms with Gasteiger partial charge in [-0.3, -0.25) is 4.79 Å². The standard InChI is InChI=1S/C21H18F2N2O2/c22-15-5-6-19(18(23)11-15)25-8-7-16(12-25)24-21(27)14-9-13-3-1-2-4-17(13)20(26)10-14/h1-6,9-11,16,26H,7-8,12H2,(H,24,27). The van der Waals surface area contributed by atoms with Crippen molar-refractivity contribution in [2.24, 2.45) is 0 Å². The second-order valence-corrected chi connectivity index (χ2v) is 6.72. The van der Waals surface area contributed by atoms with E-state index in [9.17, 15) is 18.7 Å². The number of nitrogens with zero attached hydrogens (tertiary/aromatic N) is 1. The van der Waals surface area contributed by atoms with E-state index in [0.29, 0.717) is 36.1 Å². The van der Waals surface area contributed by atoms with Crippen LogP contribution >= 0.6 is 0 Å². The number of benzene rings is 3. The summed E-state index contributed by atoms with van der Waals surface area (Å²) in [5.41, 5.74) is 0.703. The van der Waals surface area contributed by atoms with Crippen LogP contribution in [0.5, 0.6) is 5.75 Å². The molecule has 1 saturated heterocycles. The first-order valence-corrected chi connectivity index (χ1v) is 8.74. The summed E-state index contributed by atoms with van der Waals surface area (Å²) in [4.78, 5) is 14.4. The van der Waals surface area contributed by atoms with Crippen molar-refractivity contribution in [2.75, 3.05) is 18.0 Å². The number of amides is 1. The number of carbonyl (C=O) groups is 1. The number of anilines is 1. The van der Waals surface area contributed by atoms with Gasteiger partial charge in [0.15, 0.2) is 0 Å². The van der Waals surface area contributed by atoms with Crippen molar-refractivity contribution in [1.29, 1.82) is 0 Å². The Morgan fingerprint density at radius 3 is 2.74 bits per heavy atom. The Kier molecular flexibility index (Phi) is 4.39. The topological polar surface area (TPSA) is 52.6 Å². The highest BCUT2D eigenvalue weighted by atomic mass is 19.1. The molecule has 0 spiro atoms. The number of halogens is 2. The van der Waals surface area contributed by atoms with Gasteiger partial charge in [0, 0.05) is 36.1 Å². The first-order valence-electron chi connectivity index (χ1n) is 8.74. The van der Waals surface area contributed by atoms with Crippen molar-refractivity contribution in [1.82, 2.24) is 5.32 Å². The average Bonchev–Trinajstić information content (AvgIpc) is 3.09. The van der Waals surface area contributed by atoms with Crippen molar-refractivity contribution < 1.29 is 18.7 Å². The van der Waals surface area contributed by atoms with Crippen LogP contribution in [0, 0.1) is 11.6 Å². The molecule has 1 amide bonds. The molecular formula is C21H18F2N2O2. The van der Waals surface area contributed by atoms with Gasteiger partial charge >= 0.3 is 0 Å². The maximum Gasteiger partial charge on any atom is 0.251 e. The Labute approximate surface area is 155 Å². The molecule has 2 N–H and O–H groups in total. The van der Waals surface area contributed by atoms with Gasteiger partial charge in [0.05, 0.1) is 5.69 Å². The fourth-order valence-electron chi connectivity index (χ4n) is 3.52. The van der Waals surface area contributed by atoms with Crippen LogP contribution in [-0.4, -0.2) is 30.1 Å². The Balaban J connectivity index is 1.48. The molecule has 6 heteroatoms. The summed E-state index contributed by atoms with van der Waals surface area (Å²) < 4.78 is 27.0. The summed E-state index contributed by atoms with van der Waals surface area (Å²) in [6.07, 6.45) is 0.655. The summed E-state index contributed by atoms with van der Waals surface area (Å²) in [5.74, 6) is -1.46. The van der Waals surface area contributed by atoms with E-state index >= 15 is 0 Å². The summed E-state index contributed by atoms with van der Waals surface area (Å²) >= 11 is 0. The molecule has 27 heavy (non-hydrogen) atoms. The molecule has 0 aliphatic carbocycles. The van der Waals surface area contributed by atoms with E-state index in [1.54, 1.807) is 17.0 Å². The van der Waals surface area contributed by atoms with Crippen LogP contribution in [-0.2, 0) is 0 Å². The molecule has 3 aromatic carbocycles. The van der Waals surface area contributed by atoms with E-state index in [2.05, 4.69) is 5.32 Å². The van der Waals surface area contributed by atoms with Crippen molar-refractivity contribution in [3.8, 4) is 5.75 Å². The predicted molar refractivity (Wildman–Crippen MR) is 100 cm³/mol. The zero-order valence-electron chi connectivity index (χ0n) is 14.5. The van der Waals surface area contributed by atoms with E-state index in [4.69, 9.17) is 0 Å². The smallest absolute Gasteiger partial charge is 0.251 e. The molecule has 1 fully saturated rings. The Hall–Kier alpha value is -3.15. The van der Waals surface area contributed by atoms with Gasteiger partial charge in [0.1, 0.15) is 17.4 Å². The minimum atomic E-state index is -0.614. The number of nitrogens with one attached hydrogen (secondary N) is 1. The predicted octanol–water partition coefficient (Wildman–Crippen LogP) is 3.83. The average molecular weight is 368 g/mol. The fraction of sp³-hybridized carbons (Fsp3) is 0.190. The molecule has 0 bridgehead atoms. The van der Waals surface area contributed by atoms with E-state index in [1.165, 1.54) is 18.2 Å². The summed E-state index contributed by atoms with van der Waals surface area (Å²) in [6.45, 7) is 1.00. The zero-order valence-corrected chi connectivity index (χ0v) is 14.5. The number of hydrogen-bond donors (Lipinski definition) is 2. The highest BCUT2D eigenvalue weighted by Gasteiger charge is 2.26. The van der Waals surface area contributed by atoms with Crippen molar-refractivity contribution in [3.63, 3.8) is 0 Å². The first-order chi connectivity index (χ1) is 13.0. The van der Waals surface area contributed by atoms with E-state index in [-0.39, 0.29) is 17.7 Å². The normalized spacial score (nSPS) is 16.7. The van der Waals surface area contributed by atoms with Crippen LogP contribution in [0.1, 0.15) is 16.8 Å². The summed E-state index contributed by atoms with van der Waals surface area (Å²) in [6, 6.07) is 13.8. The first kappa shape index (κ1) is 17.3. The molecule has 1 unspecified atom stereocenters. The number of carbonyl (C=O) groups excluding carboxylic acids is 1. The number of rotatable bonds is 3. The molecule has 1 atom stereocenters. The second-order valence-electron chi connectivity index (χ2n) is 6.72. The lowest BCUT2D eigenvalue weighted by Crippen LogP contribution is -2.37. The van der Waals surface area contributed by atoms with Gasteiger partial charge in [-0.15, -0.1) is 0 Å². The van der Waals surface area contributed by atoms with Crippen molar-refractivity contribution in [3.05, 3.63) is 71.8 Å². The SMILES string of the molecule is O=C(NC1CCN(c2ccc(F)cc2F)C1)c1cc(O)c2ccccc2c1.